The van der Waals surface area contributed by atoms with Crippen LogP contribution in [-0.2, 0) is 0 Å². The molecule has 166 valence electrons. The molecule has 3 rings (SSSR count). The summed E-state index contributed by atoms with van der Waals surface area (Å²) in [6.07, 6.45) is 0. The molecule has 1 heterocycles. The lowest BCUT2D eigenvalue weighted by Gasteiger charge is -2.15. The number of nitrogens with two attached hydrogens (primary N) is 1. The Morgan fingerprint density at radius 1 is 1.00 bits per heavy atom. The van der Waals surface area contributed by atoms with Crippen molar-refractivity contribution in [3.05, 3.63) is 76.4 Å². The van der Waals surface area contributed by atoms with Gasteiger partial charge in [-0.25, -0.2) is 8.78 Å². The molecule has 3 aromatic rings. The lowest BCUT2D eigenvalue weighted by atomic mass is 10.1. The first-order chi connectivity index (χ1) is 15.1. The Labute approximate surface area is 183 Å². The quantitative estimate of drug-likeness (QED) is 0.433. The first-order valence-electron chi connectivity index (χ1n) is 9.56. The van der Waals surface area contributed by atoms with Crippen molar-refractivity contribution in [2.45, 2.75) is 13.8 Å². The Morgan fingerprint density at radius 3 is 2.28 bits per heavy atom. The summed E-state index contributed by atoms with van der Waals surface area (Å²) in [6, 6.07) is 10.9. The molecule has 0 spiro atoms. The number of halogens is 2. The van der Waals surface area contributed by atoms with Crippen LogP contribution in [0, 0.1) is 30.9 Å². The number of hydrogen-bond donors (Lipinski definition) is 2. The molecule has 0 saturated heterocycles. The standard InChI is InChI=1S/C23H22F2N4O3/c1-12-8-9-15(23(30)29(3)4)11-17(12)32-22-19(25)13(2)18(24)21(28-22)31-16-7-5-6-14(10-16)20(26)27/h5-11H,1-4H3,(H3,26,27). The molecule has 7 nitrogen and oxygen atoms in total. The van der Waals surface area contributed by atoms with Gasteiger partial charge in [-0.05, 0) is 43.7 Å². The van der Waals surface area contributed by atoms with Crippen LogP contribution in [0.15, 0.2) is 42.5 Å². The summed E-state index contributed by atoms with van der Waals surface area (Å²) in [5.74, 6) is -3.07. The molecule has 0 saturated carbocycles. The van der Waals surface area contributed by atoms with E-state index in [4.69, 9.17) is 20.6 Å². The maximum Gasteiger partial charge on any atom is 0.259 e. The van der Waals surface area contributed by atoms with Crippen molar-refractivity contribution in [2.75, 3.05) is 14.1 Å². The monoisotopic (exact) mass is 440 g/mol. The molecule has 0 unspecified atom stereocenters. The molecule has 32 heavy (non-hydrogen) atoms. The van der Waals surface area contributed by atoms with E-state index in [-0.39, 0.29) is 28.8 Å². The van der Waals surface area contributed by atoms with Crippen LogP contribution < -0.4 is 15.2 Å². The van der Waals surface area contributed by atoms with E-state index >= 15 is 0 Å². The van der Waals surface area contributed by atoms with E-state index < -0.39 is 23.4 Å². The molecular weight excluding hydrogens is 418 g/mol. The third-order valence-corrected chi connectivity index (χ3v) is 4.64. The number of aryl methyl sites for hydroxylation is 1. The van der Waals surface area contributed by atoms with Gasteiger partial charge in [0, 0.05) is 30.8 Å². The molecule has 0 fully saturated rings. The van der Waals surface area contributed by atoms with E-state index in [0.717, 1.165) is 0 Å². The van der Waals surface area contributed by atoms with E-state index in [1.807, 2.05) is 0 Å². The fourth-order valence-electron chi connectivity index (χ4n) is 2.79. The Morgan fingerprint density at radius 2 is 1.66 bits per heavy atom. The largest absolute Gasteiger partial charge is 0.436 e. The van der Waals surface area contributed by atoms with Gasteiger partial charge < -0.3 is 20.1 Å². The SMILES string of the molecule is Cc1ccc(C(=O)N(C)C)cc1Oc1nc(Oc2cccc(C(=N)N)c2)c(F)c(C)c1F. The molecule has 1 aromatic heterocycles. The summed E-state index contributed by atoms with van der Waals surface area (Å²) < 4.78 is 40.5. The number of nitrogens with one attached hydrogen (secondary N) is 1. The molecule has 0 aliphatic rings. The van der Waals surface area contributed by atoms with E-state index in [1.54, 1.807) is 45.3 Å². The van der Waals surface area contributed by atoms with Gasteiger partial charge in [-0.2, -0.15) is 4.98 Å². The van der Waals surface area contributed by atoms with Crippen molar-refractivity contribution in [2.24, 2.45) is 5.73 Å². The predicted octanol–water partition coefficient (Wildman–Crippen LogP) is 4.55. The second kappa shape index (κ2) is 9.01. The number of hydrogen-bond acceptors (Lipinski definition) is 5. The van der Waals surface area contributed by atoms with E-state index in [9.17, 15) is 13.6 Å². The third kappa shape index (κ3) is 4.66. The highest BCUT2D eigenvalue weighted by Gasteiger charge is 2.22. The normalized spacial score (nSPS) is 10.6. The molecular formula is C23H22F2N4O3. The predicted molar refractivity (Wildman–Crippen MR) is 116 cm³/mol. The fraction of sp³-hybridized carbons (Fsp3) is 0.174. The van der Waals surface area contributed by atoms with Crippen LogP contribution in [0.1, 0.15) is 27.0 Å². The molecule has 2 aromatic carbocycles. The van der Waals surface area contributed by atoms with Gasteiger partial charge in [0.2, 0.25) is 0 Å². The number of aromatic nitrogens is 1. The zero-order valence-electron chi connectivity index (χ0n) is 18.0. The fourth-order valence-corrected chi connectivity index (χ4v) is 2.79. The Balaban J connectivity index is 1.99. The van der Waals surface area contributed by atoms with Crippen molar-refractivity contribution in [1.29, 1.82) is 5.41 Å². The second-order valence-electron chi connectivity index (χ2n) is 7.30. The van der Waals surface area contributed by atoms with Crippen molar-refractivity contribution in [3.63, 3.8) is 0 Å². The van der Waals surface area contributed by atoms with Gasteiger partial charge in [-0.15, -0.1) is 0 Å². The third-order valence-electron chi connectivity index (χ3n) is 4.64. The number of nitrogens with zero attached hydrogens (tertiary/aromatic N) is 2. The summed E-state index contributed by atoms with van der Waals surface area (Å²) in [6.45, 7) is 2.95. The van der Waals surface area contributed by atoms with Crippen LogP contribution >= 0.6 is 0 Å². The smallest absolute Gasteiger partial charge is 0.259 e. The molecule has 3 N–H and O–H groups in total. The minimum Gasteiger partial charge on any atom is -0.436 e. The van der Waals surface area contributed by atoms with Crippen LogP contribution in [0.5, 0.6) is 23.3 Å². The number of amides is 1. The minimum absolute atomic E-state index is 0.163. The van der Waals surface area contributed by atoms with Crippen LogP contribution in [0.4, 0.5) is 8.78 Å². The van der Waals surface area contributed by atoms with E-state index in [1.165, 1.54) is 30.0 Å². The number of ether oxygens (including phenoxy) is 2. The minimum atomic E-state index is -0.990. The van der Waals surface area contributed by atoms with Crippen molar-refractivity contribution in [1.82, 2.24) is 9.88 Å². The highest BCUT2D eigenvalue weighted by molar-refractivity contribution is 5.95. The average Bonchev–Trinajstić information content (AvgIpc) is 2.76. The number of rotatable bonds is 6. The Bertz CT molecular complexity index is 1210. The van der Waals surface area contributed by atoms with Crippen LogP contribution in [0.2, 0.25) is 0 Å². The molecule has 9 heteroatoms. The topological polar surface area (TPSA) is 102 Å². The average molecular weight is 440 g/mol. The summed E-state index contributed by atoms with van der Waals surface area (Å²) in [5, 5.41) is 7.51. The summed E-state index contributed by atoms with van der Waals surface area (Å²) in [7, 11) is 3.22. The summed E-state index contributed by atoms with van der Waals surface area (Å²) in [4.78, 5) is 17.5. The summed E-state index contributed by atoms with van der Waals surface area (Å²) in [5.41, 5.74) is 6.46. The second-order valence-corrected chi connectivity index (χ2v) is 7.30. The number of pyridine rings is 1. The van der Waals surface area contributed by atoms with Crippen LogP contribution in [0.25, 0.3) is 0 Å². The highest BCUT2D eigenvalue weighted by Crippen LogP contribution is 2.34. The molecule has 0 atom stereocenters. The number of carbonyl (C=O) groups is 1. The highest BCUT2D eigenvalue weighted by atomic mass is 19.1. The Kier molecular flexibility index (Phi) is 6.38. The Hall–Kier alpha value is -4.01. The first kappa shape index (κ1) is 22.7. The number of nitrogen functional groups attached to an aromatic ring is 1. The van der Waals surface area contributed by atoms with Crippen LogP contribution in [0.3, 0.4) is 0 Å². The van der Waals surface area contributed by atoms with Gasteiger partial charge >= 0.3 is 0 Å². The maximum absolute atomic E-state index is 14.8. The number of amidine groups is 1. The van der Waals surface area contributed by atoms with Gasteiger partial charge in [0.15, 0.2) is 11.6 Å². The first-order valence-corrected chi connectivity index (χ1v) is 9.56. The van der Waals surface area contributed by atoms with Crippen LogP contribution in [-0.4, -0.2) is 35.7 Å². The molecule has 0 radical (unpaired) electrons. The van der Waals surface area contributed by atoms with Gasteiger partial charge in [0.1, 0.15) is 17.3 Å². The van der Waals surface area contributed by atoms with E-state index in [0.29, 0.717) is 16.7 Å². The van der Waals surface area contributed by atoms with Gasteiger partial charge in [-0.3, -0.25) is 10.2 Å². The maximum atomic E-state index is 14.8. The molecule has 0 bridgehead atoms. The lowest BCUT2D eigenvalue weighted by molar-refractivity contribution is 0.0827. The molecule has 1 amide bonds. The van der Waals surface area contributed by atoms with Crippen molar-refractivity contribution < 1.29 is 23.0 Å². The number of carbonyl (C=O) groups excluding carboxylic acids is 1. The van der Waals surface area contributed by atoms with Gasteiger partial charge in [-0.1, -0.05) is 18.2 Å². The zero-order chi connectivity index (χ0) is 23.6. The van der Waals surface area contributed by atoms with E-state index in [2.05, 4.69) is 4.98 Å². The number of benzene rings is 2. The van der Waals surface area contributed by atoms with Crippen molar-refractivity contribution >= 4 is 11.7 Å². The summed E-state index contributed by atoms with van der Waals surface area (Å²) >= 11 is 0. The van der Waals surface area contributed by atoms with Crippen molar-refractivity contribution in [3.8, 4) is 23.3 Å². The van der Waals surface area contributed by atoms with Gasteiger partial charge in [0.05, 0.1) is 0 Å². The molecule has 0 aliphatic heterocycles. The lowest BCUT2D eigenvalue weighted by Crippen LogP contribution is -2.21. The van der Waals surface area contributed by atoms with Gasteiger partial charge in [0.25, 0.3) is 17.7 Å². The molecule has 0 aliphatic carbocycles. The zero-order valence-corrected chi connectivity index (χ0v) is 18.0.